The van der Waals surface area contributed by atoms with Gasteiger partial charge in [0.05, 0.1) is 0 Å². The molecule has 1 aliphatic rings. The molecule has 0 amide bonds. The van der Waals surface area contributed by atoms with Crippen molar-refractivity contribution in [3.8, 4) is 11.5 Å². The second-order valence-corrected chi connectivity index (χ2v) is 9.31. The fourth-order valence-electron chi connectivity index (χ4n) is 2.79. The molecule has 0 atom stereocenters. The molecule has 0 fully saturated rings. The first-order valence-electron chi connectivity index (χ1n) is 8.96. The predicted molar refractivity (Wildman–Crippen MR) is 109 cm³/mol. The van der Waals surface area contributed by atoms with Crippen LogP contribution in [0.4, 0.5) is 0 Å². The van der Waals surface area contributed by atoms with Gasteiger partial charge in [-0.25, -0.2) is 4.57 Å². The molecule has 0 aliphatic heterocycles. The van der Waals surface area contributed by atoms with Gasteiger partial charge in [-0.2, -0.15) is 0 Å². The van der Waals surface area contributed by atoms with Crippen molar-refractivity contribution < 1.29 is 28.3 Å². The Morgan fingerprint density at radius 1 is 0.828 bits per heavy atom. The van der Waals surface area contributed by atoms with E-state index in [2.05, 4.69) is 0 Å². The van der Waals surface area contributed by atoms with E-state index >= 15 is 0 Å². The maximum atomic E-state index is 13.8. The predicted octanol–water partition coefficient (Wildman–Crippen LogP) is 5.23. The number of allylic oxidation sites excluding steroid dienone is 3. The Balaban J connectivity index is 2.11. The summed E-state index contributed by atoms with van der Waals surface area (Å²) in [4.78, 5) is 25.6. The highest BCUT2D eigenvalue weighted by Crippen LogP contribution is 2.58. The molecule has 2 aromatic rings. The maximum absolute atomic E-state index is 13.8. The fourth-order valence-corrected chi connectivity index (χ4v) is 4.50. The van der Waals surface area contributed by atoms with Crippen LogP contribution in [0.3, 0.4) is 0 Å². The van der Waals surface area contributed by atoms with Crippen LogP contribution in [0.1, 0.15) is 20.8 Å². The van der Waals surface area contributed by atoms with Crippen molar-refractivity contribution in [1.82, 2.24) is 0 Å². The number of aliphatic hydroxyl groups is 1. The van der Waals surface area contributed by atoms with Crippen molar-refractivity contribution in [1.29, 1.82) is 0 Å². The molecule has 29 heavy (non-hydrogen) atoms. The fraction of sp³-hybridized carbons (Fsp3) is 0.182. The Morgan fingerprint density at radius 2 is 1.28 bits per heavy atom. The minimum absolute atomic E-state index is 0.120. The Bertz CT molecular complexity index is 1000. The average molecular weight is 412 g/mol. The number of carbonyl (C=O) groups is 2. The molecule has 0 unspecified atom stereocenters. The first kappa shape index (κ1) is 20.6. The van der Waals surface area contributed by atoms with E-state index in [1.54, 1.807) is 57.2 Å². The highest BCUT2D eigenvalue weighted by Gasteiger charge is 2.46. The topological polar surface area (TPSA) is 89.9 Å². The number of benzene rings is 2. The van der Waals surface area contributed by atoms with E-state index in [9.17, 15) is 19.3 Å². The molecule has 0 saturated carbocycles. The van der Waals surface area contributed by atoms with Gasteiger partial charge in [-0.15, -0.1) is 0 Å². The summed E-state index contributed by atoms with van der Waals surface area (Å²) in [5, 5.41) is 9.89. The summed E-state index contributed by atoms with van der Waals surface area (Å²) in [6.45, 7) is 5.22. The summed E-state index contributed by atoms with van der Waals surface area (Å²) in [7, 11) is -4.45. The second kappa shape index (κ2) is 7.72. The number of carbonyl (C=O) groups excluding carboxylic acids is 2. The van der Waals surface area contributed by atoms with Crippen molar-refractivity contribution in [2.75, 3.05) is 0 Å². The first-order valence-corrected chi connectivity index (χ1v) is 10.5. The largest absolute Gasteiger partial charge is 0.503 e. The SMILES string of the molecule is CC(C)(C)C1=CC(=O)C(P(=O)(Oc2ccccc2)Oc2ccccc2)=C(O)C1=O. The zero-order valence-corrected chi connectivity index (χ0v) is 17.2. The zero-order chi connectivity index (χ0) is 21.2. The number of ketones is 2. The lowest BCUT2D eigenvalue weighted by atomic mass is 9.81. The van der Waals surface area contributed by atoms with E-state index in [4.69, 9.17) is 9.05 Å². The third kappa shape index (κ3) is 4.33. The van der Waals surface area contributed by atoms with Crippen LogP contribution in [0.5, 0.6) is 11.5 Å². The van der Waals surface area contributed by atoms with Gasteiger partial charge in [0.25, 0.3) is 0 Å². The standard InChI is InChI=1S/C22H21O6P/c1-22(2,3)17-14-18(23)21(20(25)19(17)24)29(26,27-15-10-6-4-7-11-15)28-16-12-8-5-9-13-16/h4-14,25H,1-3H3. The molecular formula is C22H21O6P. The molecule has 1 aliphatic carbocycles. The lowest BCUT2D eigenvalue weighted by molar-refractivity contribution is -0.118. The summed E-state index contributed by atoms with van der Waals surface area (Å²) in [6, 6.07) is 16.2. The third-order valence-electron chi connectivity index (χ3n) is 4.21. The molecule has 0 heterocycles. The zero-order valence-electron chi connectivity index (χ0n) is 16.3. The van der Waals surface area contributed by atoms with Crippen LogP contribution >= 0.6 is 7.60 Å². The molecular weight excluding hydrogens is 391 g/mol. The summed E-state index contributed by atoms with van der Waals surface area (Å²) >= 11 is 0. The number of hydrogen-bond donors (Lipinski definition) is 1. The van der Waals surface area contributed by atoms with Crippen molar-refractivity contribution in [2.24, 2.45) is 5.41 Å². The Morgan fingerprint density at radius 3 is 1.69 bits per heavy atom. The molecule has 0 saturated heterocycles. The minimum atomic E-state index is -4.45. The van der Waals surface area contributed by atoms with Crippen LogP contribution in [-0.4, -0.2) is 16.7 Å². The highest BCUT2D eigenvalue weighted by atomic mass is 31.2. The number of aliphatic hydroxyl groups excluding tert-OH is 1. The lowest BCUT2D eigenvalue weighted by Crippen LogP contribution is -2.28. The number of rotatable bonds is 5. The van der Waals surface area contributed by atoms with Crippen molar-refractivity contribution >= 4 is 19.2 Å². The van der Waals surface area contributed by atoms with Crippen LogP contribution in [0, 0.1) is 5.41 Å². The molecule has 3 rings (SSSR count). The molecule has 0 radical (unpaired) electrons. The smallest absolute Gasteiger partial charge is 0.470 e. The molecule has 7 heteroatoms. The molecule has 0 aromatic heterocycles. The van der Waals surface area contributed by atoms with Crippen molar-refractivity contribution in [3.05, 3.63) is 83.4 Å². The van der Waals surface area contributed by atoms with Gasteiger partial charge in [-0.05, 0) is 35.8 Å². The monoisotopic (exact) mass is 412 g/mol. The first-order chi connectivity index (χ1) is 13.6. The molecule has 0 bridgehead atoms. The van der Waals surface area contributed by atoms with Crippen LogP contribution < -0.4 is 9.05 Å². The van der Waals surface area contributed by atoms with E-state index in [-0.39, 0.29) is 17.1 Å². The van der Waals surface area contributed by atoms with Gasteiger partial charge in [0, 0.05) is 5.57 Å². The summed E-state index contributed by atoms with van der Waals surface area (Å²) < 4.78 is 24.9. The lowest BCUT2D eigenvalue weighted by Gasteiger charge is -2.27. The van der Waals surface area contributed by atoms with Gasteiger partial charge in [-0.3, -0.25) is 9.59 Å². The Hall–Kier alpha value is -3.11. The van der Waals surface area contributed by atoms with E-state index in [0.717, 1.165) is 6.08 Å². The summed E-state index contributed by atoms with van der Waals surface area (Å²) in [6.07, 6.45) is 1.09. The van der Waals surface area contributed by atoms with Gasteiger partial charge in [0.1, 0.15) is 11.5 Å². The summed E-state index contributed by atoms with van der Waals surface area (Å²) in [5.74, 6) is -2.16. The van der Waals surface area contributed by atoms with Crippen LogP contribution in [0.15, 0.2) is 83.4 Å². The van der Waals surface area contributed by atoms with Gasteiger partial charge in [0.2, 0.25) is 11.6 Å². The summed E-state index contributed by atoms with van der Waals surface area (Å²) in [5.41, 5.74) is -0.564. The van der Waals surface area contributed by atoms with Crippen molar-refractivity contribution in [2.45, 2.75) is 20.8 Å². The molecule has 1 N–H and O–H groups in total. The van der Waals surface area contributed by atoms with Crippen LogP contribution in [-0.2, 0) is 14.2 Å². The van der Waals surface area contributed by atoms with E-state index in [1.165, 1.54) is 24.3 Å². The van der Waals surface area contributed by atoms with Crippen LogP contribution in [0.25, 0.3) is 0 Å². The quantitative estimate of drug-likeness (QED) is 0.534. The van der Waals surface area contributed by atoms with Crippen molar-refractivity contribution in [3.63, 3.8) is 0 Å². The Labute approximate surface area is 169 Å². The third-order valence-corrected chi connectivity index (χ3v) is 6.09. The molecule has 0 spiro atoms. The molecule has 150 valence electrons. The van der Waals surface area contributed by atoms with E-state index < -0.39 is 35.7 Å². The van der Waals surface area contributed by atoms with Gasteiger partial charge in [0.15, 0.2) is 11.1 Å². The van der Waals surface area contributed by atoms with Gasteiger partial charge >= 0.3 is 7.60 Å². The number of para-hydroxylation sites is 2. The number of hydrogen-bond acceptors (Lipinski definition) is 6. The average Bonchev–Trinajstić information content (AvgIpc) is 2.65. The minimum Gasteiger partial charge on any atom is -0.503 e. The number of Topliss-reactive ketones (excluding diaryl/α,β-unsaturated/α-hetero) is 1. The van der Waals surface area contributed by atoms with Crippen LogP contribution in [0.2, 0.25) is 0 Å². The normalized spacial score (nSPS) is 15.2. The van der Waals surface area contributed by atoms with E-state index in [0.29, 0.717) is 0 Å². The highest BCUT2D eigenvalue weighted by molar-refractivity contribution is 7.61. The van der Waals surface area contributed by atoms with Gasteiger partial charge in [-0.1, -0.05) is 57.2 Å². The van der Waals surface area contributed by atoms with Gasteiger partial charge < -0.3 is 14.2 Å². The maximum Gasteiger partial charge on any atom is 0.470 e. The Kier molecular flexibility index (Phi) is 5.49. The molecule has 6 nitrogen and oxygen atoms in total. The molecule has 2 aromatic carbocycles. The second-order valence-electron chi connectivity index (χ2n) is 7.50. The van der Waals surface area contributed by atoms with E-state index in [1.807, 2.05) is 0 Å².